The summed E-state index contributed by atoms with van der Waals surface area (Å²) in [7, 11) is 0. The molecule has 2 heterocycles. The van der Waals surface area contributed by atoms with Crippen LogP contribution in [0.5, 0.6) is 0 Å². The molecule has 0 aliphatic rings. The summed E-state index contributed by atoms with van der Waals surface area (Å²) in [5.41, 5.74) is 8.42. The van der Waals surface area contributed by atoms with Gasteiger partial charge in [0.15, 0.2) is 5.78 Å². The topological polar surface area (TPSA) is 90.9 Å². The van der Waals surface area contributed by atoms with Crippen molar-refractivity contribution in [2.75, 3.05) is 0 Å². The third kappa shape index (κ3) is 6.65. The molecule has 40 heavy (non-hydrogen) atoms. The Morgan fingerprint density at radius 2 is 1.70 bits per heavy atom. The van der Waals surface area contributed by atoms with Crippen LogP contribution in [0.2, 0.25) is 0 Å². The zero-order valence-electron chi connectivity index (χ0n) is 22.8. The van der Waals surface area contributed by atoms with Gasteiger partial charge in [-0.3, -0.25) is 19.3 Å². The van der Waals surface area contributed by atoms with Gasteiger partial charge in [0, 0.05) is 41.3 Å². The lowest BCUT2D eigenvalue weighted by molar-refractivity contribution is -0.120. The van der Waals surface area contributed by atoms with Gasteiger partial charge in [0.05, 0.1) is 23.5 Å². The molecule has 2 N–H and O–H groups in total. The number of carbonyl (C=O) groups excluding carboxylic acids is 2. The number of nitrogens with two attached hydrogens (primary N) is 1. The second-order valence-corrected chi connectivity index (χ2v) is 11.0. The molecule has 0 saturated heterocycles. The summed E-state index contributed by atoms with van der Waals surface area (Å²) in [5.74, 6) is -3.88. The highest BCUT2D eigenvalue weighted by Gasteiger charge is 2.25. The molecule has 4 aromatic rings. The van der Waals surface area contributed by atoms with Gasteiger partial charge >= 0.3 is 0 Å². The van der Waals surface area contributed by atoms with Crippen LogP contribution in [-0.2, 0) is 23.2 Å². The first-order chi connectivity index (χ1) is 18.8. The maximum absolute atomic E-state index is 14.2. The maximum atomic E-state index is 14.2. The minimum absolute atomic E-state index is 0.00380. The minimum atomic E-state index is -0.920. The number of aryl methyl sites for hydroxylation is 1. The van der Waals surface area contributed by atoms with Gasteiger partial charge in [-0.25, -0.2) is 13.2 Å². The summed E-state index contributed by atoms with van der Waals surface area (Å²) in [6.45, 7) is 8.01. The molecule has 6 nitrogen and oxygen atoms in total. The van der Waals surface area contributed by atoms with Crippen molar-refractivity contribution in [1.29, 1.82) is 0 Å². The zero-order valence-corrected chi connectivity index (χ0v) is 22.8. The standard InChI is InChI=1S/C31H31F3N4O2/c1-18-10-28(31(2,3)4)37-38(18)17-24(39)14-21(11-19-12-22(32)16-23(33)13-19)29-25(6-5-9-36-29)20-7-8-27(34)26(15-20)30(35)40/h5-10,12-13,15-16,21H,11,14,17H2,1-4H3,(H2,35,40)/t21-/m1/s1. The number of ketones is 1. The molecule has 0 bridgehead atoms. The normalized spacial score (nSPS) is 12.4. The lowest BCUT2D eigenvalue weighted by Crippen LogP contribution is -2.19. The molecule has 0 fully saturated rings. The van der Waals surface area contributed by atoms with E-state index in [0.717, 1.165) is 23.5 Å². The first-order valence-electron chi connectivity index (χ1n) is 12.9. The van der Waals surface area contributed by atoms with Crippen LogP contribution in [0.3, 0.4) is 0 Å². The second kappa shape index (κ2) is 11.5. The molecule has 9 heteroatoms. The Hall–Kier alpha value is -4.27. The van der Waals surface area contributed by atoms with Crippen LogP contribution < -0.4 is 5.73 Å². The molecule has 1 amide bonds. The van der Waals surface area contributed by atoms with Crippen LogP contribution in [0.15, 0.2) is 60.8 Å². The number of halogens is 3. The molecule has 0 saturated carbocycles. The molecule has 0 spiro atoms. The number of rotatable bonds is 9. The van der Waals surface area contributed by atoms with Crippen molar-refractivity contribution in [3.63, 3.8) is 0 Å². The van der Waals surface area contributed by atoms with Crippen LogP contribution in [-0.4, -0.2) is 26.5 Å². The smallest absolute Gasteiger partial charge is 0.251 e. The summed E-state index contributed by atoms with van der Waals surface area (Å²) in [5, 5.41) is 4.61. The monoisotopic (exact) mass is 548 g/mol. The van der Waals surface area contributed by atoms with Crippen molar-refractivity contribution in [2.24, 2.45) is 5.73 Å². The second-order valence-electron chi connectivity index (χ2n) is 11.0. The lowest BCUT2D eigenvalue weighted by atomic mass is 9.86. The molecule has 208 valence electrons. The van der Waals surface area contributed by atoms with Crippen LogP contribution in [0.25, 0.3) is 11.1 Å². The highest BCUT2D eigenvalue weighted by atomic mass is 19.1. The number of nitrogens with zero attached hydrogens (tertiary/aromatic N) is 3. The van der Waals surface area contributed by atoms with E-state index in [4.69, 9.17) is 5.73 Å². The number of hydrogen-bond donors (Lipinski definition) is 1. The Morgan fingerprint density at radius 3 is 2.33 bits per heavy atom. The van der Waals surface area contributed by atoms with E-state index in [0.29, 0.717) is 22.4 Å². The quantitative estimate of drug-likeness (QED) is 0.276. The predicted octanol–water partition coefficient (Wildman–Crippen LogP) is 6.05. The fourth-order valence-electron chi connectivity index (χ4n) is 4.69. The summed E-state index contributed by atoms with van der Waals surface area (Å²) < 4.78 is 44.0. The van der Waals surface area contributed by atoms with Gasteiger partial charge in [-0.15, -0.1) is 0 Å². The first kappa shape index (κ1) is 28.7. The Bertz CT molecular complexity index is 1550. The van der Waals surface area contributed by atoms with Gasteiger partial charge in [-0.2, -0.15) is 5.10 Å². The number of benzene rings is 2. The highest BCUT2D eigenvalue weighted by molar-refractivity contribution is 5.94. The molecule has 2 aromatic heterocycles. The van der Waals surface area contributed by atoms with Gasteiger partial charge in [0.1, 0.15) is 17.5 Å². The summed E-state index contributed by atoms with van der Waals surface area (Å²) in [6.07, 6.45) is 1.66. The number of aromatic nitrogens is 3. The fraction of sp³-hybridized carbons (Fsp3) is 0.290. The number of Topliss-reactive ketones (excluding diaryl/α,β-unsaturated/α-hetero) is 1. The summed E-state index contributed by atoms with van der Waals surface area (Å²) in [6, 6.07) is 12.5. The SMILES string of the molecule is Cc1cc(C(C)(C)C)nn1CC(=O)C[C@@H](Cc1cc(F)cc(F)c1)c1ncccc1-c1ccc(F)c(C(N)=O)c1. The van der Waals surface area contributed by atoms with E-state index in [-0.39, 0.29) is 36.1 Å². The number of amides is 1. The van der Waals surface area contributed by atoms with Crippen molar-refractivity contribution < 1.29 is 22.8 Å². The molecule has 0 unspecified atom stereocenters. The summed E-state index contributed by atoms with van der Waals surface area (Å²) in [4.78, 5) is 29.7. The van der Waals surface area contributed by atoms with E-state index in [2.05, 4.69) is 10.1 Å². The maximum Gasteiger partial charge on any atom is 0.251 e. The molecular weight excluding hydrogens is 517 g/mol. The van der Waals surface area contributed by atoms with E-state index >= 15 is 0 Å². The zero-order chi connectivity index (χ0) is 29.2. The number of hydrogen-bond acceptors (Lipinski definition) is 4. The van der Waals surface area contributed by atoms with Gasteiger partial charge in [-0.1, -0.05) is 32.9 Å². The third-order valence-electron chi connectivity index (χ3n) is 6.72. The lowest BCUT2D eigenvalue weighted by Gasteiger charge is -2.20. The highest BCUT2D eigenvalue weighted by Crippen LogP contribution is 2.33. The third-order valence-corrected chi connectivity index (χ3v) is 6.72. The van der Waals surface area contributed by atoms with Crippen molar-refractivity contribution in [2.45, 2.75) is 58.4 Å². The molecule has 0 radical (unpaired) electrons. The van der Waals surface area contributed by atoms with Gasteiger partial charge in [-0.05, 0) is 60.9 Å². The van der Waals surface area contributed by atoms with Crippen LogP contribution in [0.4, 0.5) is 13.2 Å². The van der Waals surface area contributed by atoms with Gasteiger partial charge < -0.3 is 5.73 Å². The first-order valence-corrected chi connectivity index (χ1v) is 12.9. The Kier molecular flexibility index (Phi) is 8.23. The molecular formula is C31H31F3N4O2. The average Bonchev–Trinajstić information content (AvgIpc) is 3.23. The average molecular weight is 549 g/mol. The van der Waals surface area contributed by atoms with Crippen LogP contribution in [0, 0.1) is 24.4 Å². The Balaban J connectivity index is 1.73. The molecule has 2 aromatic carbocycles. The van der Waals surface area contributed by atoms with Gasteiger partial charge in [0.25, 0.3) is 5.91 Å². The number of pyridine rings is 1. The molecule has 4 rings (SSSR count). The van der Waals surface area contributed by atoms with Crippen molar-refractivity contribution in [1.82, 2.24) is 14.8 Å². The van der Waals surface area contributed by atoms with E-state index in [1.54, 1.807) is 23.0 Å². The summed E-state index contributed by atoms with van der Waals surface area (Å²) >= 11 is 0. The van der Waals surface area contributed by atoms with Crippen molar-refractivity contribution in [3.05, 3.63) is 106 Å². The van der Waals surface area contributed by atoms with E-state index < -0.39 is 29.3 Å². The van der Waals surface area contributed by atoms with E-state index in [9.17, 15) is 22.8 Å². The van der Waals surface area contributed by atoms with Crippen LogP contribution in [0.1, 0.15) is 66.1 Å². The van der Waals surface area contributed by atoms with E-state index in [1.807, 2.05) is 33.8 Å². The predicted molar refractivity (Wildman–Crippen MR) is 146 cm³/mol. The number of carbonyl (C=O) groups is 2. The van der Waals surface area contributed by atoms with Crippen molar-refractivity contribution >= 4 is 11.7 Å². The molecule has 0 aliphatic carbocycles. The fourth-order valence-corrected chi connectivity index (χ4v) is 4.69. The van der Waals surface area contributed by atoms with E-state index in [1.165, 1.54) is 24.3 Å². The largest absolute Gasteiger partial charge is 0.366 e. The Labute approximate surface area is 231 Å². The molecule has 0 aliphatic heterocycles. The molecule has 1 atom stereocenters. The minimum Gasteiger partial charge on any atom is -0.366 e. The van der Waals surface area contributed by atoms with Crippen molar-refractivity contribution in [3.8, 4) is 11.1 Å². The Morgan fingerprint density at radius 1 is 1.00 bits per heavy atom. The van der Waals surface area contributed by atoms with Crippen LogP contribution >= 0.6 is 0 Å². The number of primary amides is 1. The van der Waals surface area contributed by atoms with Gasteiger partial charge in [0.2, 0.25) is 0 Å².